The van der Waals surface area contributed by atoms with Gasteiger partial charge in [-0.25, -0.2) is 0 Å². The molecule has 0 aliphatic rings. The van der Waals surface area contributed by atoms with E-state index >= 15 is 0 Å². The van der Waals surface area contributed by atoms with Crippen LogP contribution in [0.1, 0.15) is 0 Å². The van der Waals surface area contributed by atoms with Gasteiger partial charge in [0.25, 0.3) is 0 Å². The second-order valence-electron chi connectivity index (χ2n) is 0. The Balaban J connectivity index is 0. The minimum atomic E-state index is 0. The summed E-state index contributed by atoms with van der Waals surface area (Å²) < 4.78 is 0. The summed E-state index contributed by atoms with van der Waals surface area (Å²) in [4.78, 5) is 0. The molecule has 0 aromatic carbocycles. The van der Waals surface area contributed by atoms with Gasteiger partial charge in [-0.1, -0.05) is 0 Å². The van der Waals surface area contributed by atoms with Crippen LogP contribution in [-0.4, -0.2) is 65.7 Å². The van der Waals surface area contributed by atoms with Gasteiger partial charge in [0.1, 0.15) is 0 Å². The monoisotopic (exact) mass is 784 g/mol. The first-order chi connectivity index (χ1) is 0. The van der Waals surface area contributed by atoms with Crippen LogP contribution < -0.4 is 0 Å². The Morgan fingerprint density at radius 2 is 0.235 bits per heavy atom. The van der Waals surface area contributed by atoms with Gasteiger partial charge in [0, 0.05) is 63.2 Å². The van der Waals surface area contributed by atoms with Gasteiger partial charge in [0.05, 0.1) is 0 Å². The smallest absolute Gasteiger partial charge is 0.870 e. The molecule has 0 saturated carbocycles. The Morgan fingerprint density at radius 1 is 0.235 bits per heavy atom. The van der Waals surface area contributed by atoms with Crippen molar-refractivity contribution in [2.45, 2.75) is 0 Å². The third-order valence-corrected chi connectivity index (χ3v) is 0. The van der Waals surface area contributed by atoms with Gasteiger partial charge in [-0.15, -0.1) is 0 Å². The Hall–Kier alpha value is 4.34. The molecule has 0 heterocycles. The molecule has 0 amide bonds. The minimum absolute atomic E-state index is 0. The summed E-state index contributed by atoms with van der Waals surface area (Å²) in [6, 6.07) is 0. The quantitative estimate of drug-likeness (QED) is 0.215. The second-order valence-corrected chi connectivity index (χ2v) is 0. The van der Waals surface area contributed by atoms with Crippen LogP contribution >= 0.6 is 0 Å². The van der Waals surface area contributed by atoms with E-state index in [2.05, 4.69) is 0 Å². The van der Waals surface area contributed by atoms with Gasteiger partial charge in [-0.05, 0) is 0 Å². The largest absolute Gasteiger partial charge is 3.00 e. The Labute approximate surface area is 208 Å². The fourth-order valence-corrected chi connectivity index (χ4v) is 0. The predicted octanol–water partition coefficient (Wildman–Crippen LogP) is -6.02. The Bertz CT molecular complexity index is 19.7. The molecular formula is H18Ce2Mo3O12. The van der Waals surface area contributed by atoms with E-state index in [0.717, 1.165) is 0 Å². The summed E-state index contributed by atoms with van der Waals surface area (Å²) >= 11 is 0. The van der Waals surface area contributed by atoms with Crippen LogP contribution in [0.2, 0.25) is 0 Å². The van der Waals surface area contributed by atoms with Gasteiger partial charge in [0.2, 0.25) is 0 Å². The first-order valence-corrected chi connectivity index (χ1v) is 0. The topological polar surface area (TPSA) is 369 Å². The van der Waals surface area contributed by atoms with E-state index in [4.69, 9.17) is 0 Å². The van der Waals surface area contributed by atoms with E-state index in [9.17, 15) is 0 Å². The maximum atomic E-state index is 0. The van der Waals surface area contributed by atoms with Crippen LogP contribution in [0.4, 0.5) is 0 Å². The maximum absolute atomic E-state index is 0. The molecule has 2 radical (unpaired) electrons. The molecule has 0 aromatic rings. The molecule has 18 N–H and O–H groups in total. The molecule has 0 aliphatic carbocycles. The van der Waals surface area contributed by atoms with Gasteiger partial charge >= 0.3 is 83.5 Å². The standard InChI is InChI=1S/2Ce.3Mo.12H2O/h;;;;;12*1H2/q2*+3;;;;;;;;;;;;;;;/p-6. The number of hydrogen-bond donors (Lipinski definition) is 0. The van der Waals surface area contributed by atoms with Gasteiger partial charge in [-0.2, -0.15) is 0 Å². The van der Waals surface area contributed by atoms with Crippen molar-refractivity contribution < 1.29 is 212 Å². The zero-order chi connectivity index (χ0) is 0. The average Bonchev–Trinajstić information content (AvgIpc) is 0. The minimum Gasteiger partial charge on any atom is -0.870 e. The second kappa shape index (κ2) is 404. The molecule has 0 atom stereocenters. The van der Waals surface area contributed by atoms with Crippen molar-refractivity contribution in [3.63, 3.8) is 0 Å². The number of hydrogen-bond acceptors (Lipinski definition) is 6. The molecule has 0 bridgehead atoms. The van der Waals surface area contributed by atoms with Crippen molar-refractivity contribution in [1.82, 2.24) is 0 Å². The van der Waals surface area contributed by atoms with E-state index in [-0.39, 0.29) is 212 Å². The first kappa shape index (κ1) is 469. The van der Waals surface area contributed by atoms with Crippen molar-refractivity contribution in [2.75, 3.05) is 0 Å². The molecule has 0 fully saturated rings. The third kappa shape index (κ3) is 363. The molecule has 0 saturated heterocycles. The summed E-state index contributed by atoms with van der Waals surface area (Å²) in [6.45, 7) is 0. The van der Waals surface area contributed by atoms with E-state index in [1.54, 1.807) is 0 Å². The summed E-state index contributed by atoms with van der Waals surface area (Å²) in [5, 5.41) is 0. The fraction of sp³-hybridized carbons (Fsp3) is 0. The molecular weight excluding hydrogens is 760 g/mol. The summed E-state index contributed by atoms with van der Waals surface area (Å²) in [6.07, 6.45) is 0. The molecule has 17 heavy (non-hydrogen) atoms. The summed E-state index contributed by atoms with van der Waals surface area (Å²) in [5.74, 6) is 0. The van der Waals surface area contributed by atoms with E-state index in [1.807, 2.05) is 0 Å². The van der Waals surface area contributed by atoms with Gasteiger partial charge in [-0.3, -0.25) is 0 Å². The fourth-order valence-electron chi connectivity index (χ4n) is 0. The summed E-state index contributed by atoms with van der Waals surface area (Å²) in [5.41, 5.74) is 0. The molecule has 0 aromatic heterocycles. The molecule has 0 spiro atoms. The number of rotatable bonds is 0. The Kier molecular flexibility index (Phi) is 11100. The average molecular weight is 778 g/mol. The van der Waals surface area contributed by atoms with Crippen LogP contribution in [0.3, 0.4) is 0 Å². The van der Waals surface area contributed by atoms with Crippen LogP contribution in [0.15, 0.2) is 0 Å². The van der Waals surface area contributed by atoms with Crippen LogP contribution in [0, 0.1) is 83.5 Å². The third-order valence-electron chi connectivity index (χ3n) is 0. The maximum Gasteiger partial charge on any atom is 3.00 e. The molecule has 12 nitrogen and oxygen atoms in total. The first-order valence-electron chi connectivity index (χ1n) is 0. The SMILES string of the molecule is O.O.O.O.O.O.[Ce+3].[Ce+3].[Mo].[Mo].[Mo].[OH-].[OH-].[OH-].[OH-].[OH-].[OH-]. The van der Waals surface area contributed by atoms with Crippen LogP contribution in [-0.2, 0) is 63.2 Å². The van der Waals surface area contributed by atoms with E-state index in [0.29, 0.717) is 0 Å². The van der Waals surface area contributed by atoms with Crippen molar-refractivity contribution >= 4 is 0 Å². The van der Waals surface area contributed by atoms with Crippen molar-refractivity contribution in [3.8, 4) is 0 Å². The molecule has 17 heteroatoms. The Morgan fingerprint density at radius 3 is 0.235 bits per heavy atom. The molecule has 0 aliphatic heterocycles. The van der Waals surface area contributed by atoms with Crippen molar-refractivity contribution in [2.24, 2.45) is 0 Å². The molecule has 0 rings (SSSR count). The van der Waals surface area contributed by atoms with Crippen LogP contribution in [0.5, 0.6) is 0 Å². The molecule has 116 valence electrons. The van der Waals surface area contributed by atoms with E-state index < -0.39 is 0 Å². The van der Waals surface area contributed by atoms with Gasteiger partial charge in [0.15, 0.2) is 0 Å². The predicted molar refractivity (Wildman–Crippen MR) is 33.3 cm³/mol. The summed E-state index contributed by atoms with van der Waals surface area (Å²) in [7, 11) is 0. The zero-order valence-electron chi connectivity index (χ0n) is 7.91. The van der Waals surface area contributed by atoms with Gasteiger partial charge < -0.3 is 65.7 Å². The van der Waals surface area contributed by atoms with Crippen molar-refractivity contribution in [1.29, 1.82) is 0 Å². The molecule has 0 unspecified atom stereocenters. The zero-order valence-corrected chi connectivity index (χ0v) is 20.2. The van der Waals surface area contributed by atoms with Crippen LogP contribution in [0.25, 0.3) is 0 Å². The van der Waals surface area contributed by atoms with E-state index in [1.165, 1.54) is 0 Å². The normalized spacial score (nSPS) is 0. The van der Waals surface area contributed by atoms with Crippen molar-refractivity contribution in [3.05, 3.63) is 0 Å².